The number of nitrogens with zero attached hydrogens (tertiary/aromatic N) is 3. The quantitative estimate of drug-likeness (QED) is 0.365. The summed E-state index contributed by atoms with van der Waals surface area (Å²) in [6.07, 6.45) is 0.954. The zero-order valence-corrected chi connectivity index (χ0v) is 11.0. The van der Waals surface area contributed by atoms with Gasteiger partial charge in [0.25, 0.3) is 0 Å². The standard InChI is InChI=1S/C10H16N4O2S/c1-4-6-11-10-12-7(3)8(14(15)16)9(13-10)17-5-2/h4-6H2,1-3H3,(H,11,12,13). The monoisotopic (exact) mass is 256 g/mol. The molecule has 17 heavy (non-hydrogen) atoms. The first kappa shape index (κ1) is 13.7. The van der Waals surface area contributed by atoms with Crippen LogP contribution in [-0.4, -0.2) is 27.2 Å². The first-order valence-corrected chi connectivity index (χ1v) is 6.48. The second-order valence-electron chi connectivity index (χ2n) is 3.40. The summed E-state index contributed by atoms with van der Waals surface area (Å²) in [6, 6.07) is 0. The number of aromatic nitrogens is 2. The summed E-state index contributed by atoms with van der Waals surface area (Å²) in [4.78, 5) is 18.8. The van der Waals surface area contributed by atoms with E-state index in [2.05, 4.69) is 15.3 Å². The van der Waals surface area contributed by atoms with Crippen molar-refractivity contribution in [2.45, 2.75) is 32.2 Å². The minimum absolute atomic E-state index is 0.0129. The van der Waals surface area contributed by atoms with Crippen molar-refractivity contribution in [3.8, 4) is 0 Å². The number of hydrogen-bond acceptors (Lipinski definition) is 6. The lowest BCUT2D eigenvalue weighted by Gasteiger charge is -2.07. The third-order valence-electron chi connectivity index (χ3n) is 2.02. The molecule has 0 amide bonds. The molecule has 6 nitrogen and oxygen atoms in total. The van der Waals surface area contributed by atoms with Crippen LogP contribution >= 0.6 is 11.8 Å². The number of rotatable bonds is 6. The zero-order valence-electron chi connectivity index (χ0n) is 10.2. The Balaban J connectivity index is 3.11. The minimum atomic E-state index is -0.420. The molecule has 94 valence electrons. The van der Waals surface area contributed by atoms with E-state index < -0.39 is 4.92 Å². The van der Waals surface area contributed by atoms with Crippen molar-refractivity contribution < 1.29 is 4.92 Å². The van der Waals surface area contributed by atoms with E-state index in [1.165, 1.54) is 11.8 Å². The van der Waals surface area contributed by atoms with E-state index in [1.54, 1.807) is 6.92 Å². The van der Waals surface area contributed by atoms with Crippen LogP contribution < -0.4 is 5.32 Å². The van der Waals surface area contributed by atoms with E-state index in [-0.39, 0.29) is 5.69 Å². The van der Waals surface area contributed by atoms with Crippen LogP contribution in [0.5, 0.6) is 0 Å². The Hall–Kier alpha value is -1.37. The summed E-state index contributed by atoms with van der Waals surface area (Å²) in [5.74, 6) is 1.20. The Labute approximate surface area is 104 Å². The molecule has 1 heterocycles. The zero-order chi connectivity index (χ0) is 12.8. The SMILES string of the molecule is CCCNc1nc(C)c([N+](=O)[O-])c(SCC)n1. The highest BCUT2D eigenvalue weighted by Gasteiger charge is 2.21. The maximum atomic E-state index is 10.9. The minimum Gasteiger partial charge on any atom is -0.354 e. The predicted molar refractivity (Wildman–Crippen MR) is 68.6 cm³/mol. The number of anilines is 1. The highest BCUT2D eigenvalue weighted by Crippen LogP contribution is 2.30. The fourth-order valence-electron chi connectivity index (χ4n) is 1.30. The Kier molecular flexibility index (Phi) is 5.14. The molecule has 0 atom stereocenters. The third kappa shape index (κ3) is 3.55. The van der Waals surface area contributed by atoms with Gasteiger partial charge in [0.05, 0.1) is 4.92 Å². The maximum Gasteiger partial charge on any atom is 0.322 e. The lowest BCUT2D eigenvalue weighted by atomic mass is 10.4. The van der Waals surface area contributed by atoms with Crippen LogP contribution in [0.15, 0.2) is 5.03 Å². The van der Waals surface area contributed by atoms with E-state index in [1.807, 2.05) is 13.8 Å². The molecule has 0 saturated carbocycles. The third-order valence-corrected chi connectivity index (χ3v) is 2.87. The van der Waals surface area contributed by atoms with Crippen LogP contribution in [0, 0.1) is 17.0 Å². The van der Waals surface area contributed by atoms with Crippen LogP contribution in [-0.2, 0) is 0 Å². The van der Waals surface area contributed by atoms with Crippen molar-refractivity contribution in [1.29, 1.82) is 0 Å². The van der Waals surface area contributed by atoms with Crippen molar-refractivity contribution in [2.75, 3.05) is 17.6 Å². The molecule has 1 rings (SSSR count). The van der Waals surface area contributed by atoms with Gasteiger partial charge in [-0.05, 0) is 19.1 Å². The van der Waals surface area contributed by atoms with Gasteiger partial charge in [-0.15, -0.1) is 0 Å². The van der Waals surface area contributed by atoms with Crippen molar-refractivity contribution in [1.82, 2.24) is 9.97 Å². The molecule has 1 aromatic heterocycles. The second-order valence-corrected chi connectivity index (χ2v) is 4.66. The van der Waals surface area contributed by atoms with Gasteiger partial charge in [-0.1, -0.05) is 25.6 Å². The molecule has 1 N–H and O–H groups in total. The van der Waals surface area contributed by atoms with Gasteiger partial charge >= 0.3 is 5.69 Å². The average Bonchev–Trinajstić information content (AvgIpc) is 2.25. The Bertz CT molecular complexity index is 412. The summed E-state index contributed by atoms with van der Waals surface area (Å²) in [7, 11) is 0. The van der Waals surface area contributed by atoms with Gasteiger partial charge in [-0.3, -0.25) is 10.1 Å². The van der Waals surface area contributed by atoms with Gasteiger partial charge in [-0.25, -0.2) is 4.98 Å². The Morgan fingerprint density at radius 1 is 1.41 bits per heavy atom. The van der Waals surface area contributed by atoms with Crippen LogP contribution in [0.3, 0.4) is 0 Å². The average molecular weight is 256 g/mol. The van der Waals surface area contributed by atoms with E-state index in [0.717, 1.165) is 18.7 Å². The molecule has 7 heteroatoms. The van der Waals surface area contributed by atoms with Crippen LogP contribution in [0.2, 0.25) is 0 Å². The predicted octanol–water partition coefficient (Wildman–Crippen LogP) is 2.63. The Morgan fingerprint density at radius 2 is 2.12 bits per heavy atom. The van der Waals surface area contributed by atoms with E-state index in [4.69, 9.17) is 0 Å². The first-order chi connectivity index (χ1) is 8.10. The molecule has 0 aromatic carbocycles. The number of hydrogen-bond donors (Lipinski definition) is 1. The van der Waals surface area contributed by atoms with Gasteiger partial charge in [-0.2, -0.15) is 4.98 Å². The molecule has 0 radical (unpaired) electrons. The molecular weight excluding hydrogens is 240 g/mol. The normalized spacial score (nSPS) is 10.3. The second kappa shape index (κ2) is 6.39. The van der Waals surface area contributed by atoms with Crippen molar-refractivity contribution in [3.05, 3.63) is 15.8 Å². The van der Waals surface area contributed by atoms with E-state index in [9.17, 15) is 10.1 Å². The summed E-state index contributed by atoms with van der Waals surface area (Å²) < 4.78 is 0. The molecule has 0 aliphatic rings. The number of thioether (sulfide) groups is 1. The lowest BCUT2D eigenvalue weighted by molar-refractivity contribution is -0.389. The van der Waals surface area contributed by atoms with E-state index in [0.29, 0.717) is 16.7 Å². The number of nitrogens with one attached hydrogen (secondary N) is 1. The van der Waals surface area contributed by atoms with Crippen molar-refractivity contribution in [3.63, 3.8) is 0 Å². The number of nitro groups is 1. The lowest BCUT2D eigenvalue weighted by Crippen LogP contribution is -2.08. The smallest absolute Gasteiger partial charge is 0.322 e. The molecular formula is C10H16N4O2S. The topological polar surface area (TPSA) is 81.0 Å². The summed E-state index contributed by atoms with van der Waals surface area (Å²) in [6.45, 7) is 6.36. The van der Waals surface area contributed by atoms with Gasteiger partial charge in [0, 0.05) is 6.54 Å². The van der Waals surface area contributed by atoms with Crippen LogP contribution in [0.1, 0.15) is 26.0 Å². The first-order valence-electron chi connectivity index (χ1n) is 5.49. The molecule has 0 aliphatic heterocycles. The van der Waals surface area contributed by atoms with Crippen molar-refractivity contribution >= 4 is 23.4 Å². The summed E-state index contributed by atoms with van der Waals surface area (Å²) in [5.41, 5.74) is 0.415. The van der Waals surface area contributed by atoms with Gasteiger partial charge in [0.1, 0.15) is 5.69 Å². The highest BCUT2D eigenvalue weighted by atomic mass is 32.2. The van der Waals surface area contributed by atoms with E-state index >= 15 is 0 Å². The summed E-state index contributed by atoms with van der Waals surface area (Å²) in [5, 5.41) is 14.4. The van der Waals surface area contributed by atoms with Gasteiger partial charge in [0.15, 0.2) is 5.03 Å². The largest absolute Gasteiger partial charge is 0.354 e. The molecule has 0 saturated heterocycles. The molecule has 0 unspecified atom stereocenters. The highest BCUT2D eigenvalue weighted by molar-refractivity contribution is 7.99. The Morgan fingerprint density at radius 3 is 2.65 bits per heavy atom. The van der Waals surface area contributed by atoms with Gasteiger partial charge < -0.3 is 5.32 Å². The fraction of sp³-hybridized carbons (Fsp3) is 0.600. The summed E-state index contributed by atoms with van der Waals surface area (Å²) >= 11 is 1.36. The molecule has 1 aromatic rings. The van der Waals surface area contributed by atoms with Gasteiger partial charge in [0.2, 0.25) is 5.95 Å². The molecule has 0 spiro atoms. The fourth-order valence-corrected chi connectivity index (χ4v) is 2.09. The number of aryl methyl sites for hydroxylation is 1. The van der Waals surface area contributed by atoms with Crippen LogP contribution in [0.25, 0.3) is 0 Å². The molecule has 0 bridgehead atoms. The molecule has 0 aliphatic carbocycles. The van der Waals surface area contributed by atoms with Crippen molar-refractivity contribution in [2.24, 2.45) is 0 Å². The molecule has 0 fully saturated rings. The maximum absolute atomic E-state index is 10.9. The van der Waals surface area contributed by atoms with Crippen LogP contribution in [0.4, 0.5) is 11.6 Å².